The Hall–Kier alpha value is -0.980. The van der Waals surface area contributed by atoms with Gasteiger partial charge in [-0.25, -0.2) is 0 Å². The van der Waals surface area contributed by atoms with Gasteiger partial charge in [0.05, 0.1) is 0 Å². The van der Waals surface area contributed by atoms with Crippen LogP contribution in [-0.4, -0.2) is 36.5 Å². The van der Waals surface area contributed by atoms with Crippen molar-refractivity contribution in [3.05, 3.63) is 11.7 Å². The molecule has 0 spiro atoms. The molecule has 0 bridgehead atoms. The topological polar surface area (TPSA) is 83.4 Å². The van der Waals surface area contributed by atoms with E-state index in [1.54, 1.807) is 7.11 Å². The number of hydrogen-bond donors (Lipinski definition) is 1. The first-order valence-electron chi connectivity index (χ1n) is 6.96. The van der Waals surface area contributed by atoms with Crippen LogP contribution in [0.2, 0.25) is 0 Å². The molecule has 2 N–H and O–H groups in total. The molecule has 106 valence electrons. The fraction of sp³-hybridized carbons (Fsp3) is 0.846. The number of nitrogens with two attached hydrogens (primary N) is 1. The second-order valence-electron chi connectivity index (χ2n) is 5.54. The summed E-state index contributed by atoms with van der Waals surface area (Å²) in [5, 5.41) is 4.15. The third-order valence-corrected chi connectivity index (χ3v) is 4.36. The van der Waals surface area contributed by atoms with Gasteiger partial charge in [-0.1, -0.05) is 5.16 Å². The predicted molar refractivity (Wildman–Crippen MR) is 67.6 cm³/mol. The van der Waals surface area contributed by atoms with Gasteiger partial charge in [-0.05, 0) is 19.3 Å². The molecule has 19 heavy (non-hydrogen) atoms. The summed E-state index contributed by atoms with van der Waals surface area (Å²) in [7, 11) is 1.70. The molecule has 6 heteroatoms. The predicted octanol–water partition coefficient (Wildman–Crippen LogP) is 1.32. The van der Waals surface area contributed by atoms with E-state index in [4.69, 9.17) is 19.7 Å². The van der Waals surface area contributed by atoms with Crippen molar-refractivity contribution in [3.63, 3.8) is 0 Å². The normalized spacial score (nSPS) is 30.6. The molecule has 1 aliphatic carbocycles. The summed E-state index contributed by atoms with van der Waals surface area (Å²) in [4.78, 5) is 4.58. The van der Waals surface area contributed by atoms with Crippen molar-refractivity contribution in [2.45, 2.75) is 49.7 Å². The quantitative estimate of drug-likeness (QED) is 0.889. The van der Waals surface area contributed by atoms with Crippen molar-refractivity contribution < 1.29 is 14.0 Å². The van der Waals surface area contributed by atoms with Crippen molar-refractivity contribution in [3.8, 4) is 0 Å². The zero-order valence-electron chi connectivity index (χ0n) is 11.3. The molecule has 0 radical (unpaired) electrons. The Morgan fingerprint density at radius 1 is 1.32 bits per heavy atom. The van der Waals surface area contributed by atoms with Crippen LogP contribution >= 0.6 is 0 Å². The zero-order chi connectivity index (χ0) is 13.3. The van der Waals surface area contributed by atoms with E-state index in [-0.39, 0.29) is 6.04 Å². The number of ether oxygens (including phenoxy) is 2. The molecule has 2 aliphatic rings. The highest BCUT2D eigenvalue weighted by molar-refractivity contribution is 5.06. The van der Waals surface area contributed by atoms with Crippen LogP contribution in [0, 0.1) is 0 Å². The molecule has 0 aromatic carbocycles. The average molecular weight is 267 g/mol. The van der Waals surface area contributed by atoms with Crippen LogP contribution in [0.15, 0.2) is 4.52 Å². The molecule has 6 nitrogen and oxygen atoms in total. The van der Waals surface area contributed by atoms with E-state index in [1.165, 1.54) is 0 Å². The molecule has 1 saturated heterocycles. The Morgan fingerprint density at radius 2 is 2.11 bits per heavy atom. The van der Waals surface area contributed by atoms with Gasteiger partial charge in [0.25, 0.3) is 0 Å². The highest BCUT2D eigenvalue weighted by atomic mass is 16.5. The number of aromatic nitrogens is 2. The molecule has 1 aliphatic heterocycles. The first-order chi connectivity index (χ1) is 9.23. The zero-order valence-corrected chi connectivity index (χ0v) is 11.3. The second kappa shape index (κ2) is 5.19. The SMILES string of the molecule is COC1(c2noc(C3CCC(N)C3)n2)CCOCC1. The van der Waals surface area contributed by atoms with Crippen molar-refractivity contribution in [1.82, 2.24) is 10.1 Å². The van der Waals surface area contributed by atoms with Crippen LogP contribution in [0.1, 0.15) is 49.7 Å². The van der Waals surface area contributed by atoms with E-state index in [1.807, 2.05) is 0 Å². The lowest BCUT2D eigenvalue weighted by atomic mass is 9.93. The monoisotopic (exact) mass is 267 g/mol. The lowest BCUT2D eigenvalue weighted by Crippen LogP contribution is -2.36. The van der Waals surface area contributed by atoms with Gasteiger partial charge in [0.15, 0.2) is 0 Å². The summed E-state index contributed by atoms with van der Waals surface area (Å²) in [6.07, 6.45) is 4.54. The van der Waals surface area contributed by atoms with Gasteiger partial charge in [0.2, 0.25) is 11.7 Å². The lowest BCUT2D eigenvalue weighted by molar-refractivity contribution is -0.101. The smallest absolute Gasteiger partial charge is 0.229 e. The number of nitrogens with zero attached hydrogens (tertiary/aromatic N) is 2. The lowest BCUT2D eigenvalue weighted by Gasteiger charge is -2.32. The van der Waals surface area contributed by atoms with Gasteiger partial charge in [-0.15, -0.1) is 0 Å². The summed E-state index contributed by atoms with van der Waals surface area (Å²) in [6.45, 7) is 1.35. The minimum atomic E-state index is -0.444. The van der Waals surface area contributed by atoms with Gasteiger partial charge in [0, 0.05) is 45.1 Å². The van der Waals surface area contributed by atoms with Crippen LogP contribution in [0.5, 0.6) is 0 Å². The highest BCUT2D eigenvalue weighted by Gasteiger charge is 2.40. The van der Waals surface area contributed by atoms with E-state index in [0.717, 1.165) is 32.1 Å². The molecule has 2 fully saturated rings. The van der Waals surface area contributed by atoms with Crippen molar-refractivity contribution in [2.24, 2.45) is 5.73 Å². The third kappa shape index (κ3) is 2.40. The molecule has 2 heterocycles. The third-order valence-electron chi connectivity index (χ3n) is 4.36. The number of methoxy groups -OCH3 is 1. The van der Waals surface area contributed by atoms with E-state index < -0.39 is 5.60 Å². The Labute approximate surface area is 112 Å². The molecular formula is C13H21N3O3. The molecular weight excluding hydrogens is 246 g/mol. The van der Waals surface area contributed by atoms with Gasteiger partial charge in [0.1, 0.15) is 5.60 Å². The minimum Gasteiger partial charge on any atom is -0.381 e. The first-order valence-corrected chi connectivity index (χ1v) is 6.96. The van der Waals surface area contributed by atoms with E-state index >= 15 is 0 Å². The molecule has 2 unspecified atom stereocenters. The van der Waals surface area contributed by atoms with E-state index in [0.29, 0.717) is 30.8 Å². The molecule has 0 amide bonds. The summed E-state index contributed by atoms with van der Waals surface area (Å²) >= 11 is 0. The Bertz CT molecular complexity index is 429. The second-order valence-corrected chi connectivity index (χ2v) is 5.54. The van der Waals surface area contributed by atoms with Crippen molar-refractivity contribution >= 4 is 0 Å². The standard InChI is InChI=1S/C13H21N3O3/c1-17-13(4-6-18-7-5-13)12-15-11(19-16-12)9-2-3-10(14)8-9/h9-10H,2-8,14H2,1H3. The van der Waals surface area contributed by atoms with E-state index in [2.05, 4.69) is 10.1 Å². The highest BCUT2D eigenvalue weighted by Crippen LogP contribution is 2.37. The minimum absolute atomic E-state index is 0.264. The Kier molecular flexibility index (Phi) is 3.56. The van der Waals surface area contributed by atoms with Gasteiger partial charge >= 0.3 is 0 Å². The van der Waals surface area contributed by atoms with Crippen molar-refractivity contribution in [2.75, 3.05) is 20.3 Å². The molecule has 1 saturated carbocycles. The summed E-state index contributed by atoms with van der Waals surface area (Å²) < 4.78 is 16.5. The number of rotatable bonds is 3. The van der Waals surface area contributed by atoms with Crippen molar-refractivity contribution in [1.29, 1.82) is 0 Å². The average Bonchev–Trinajstić information content (AvgIpc) is 3.08. The maximum atomic E-state index is 5.93. The van der Waals surface area contributed by atoms with Gasteiger partial charge < -0.3 is 19.7 Å². The molecule has 1 aromatic rings. The van der Waals surface area contributed by atoms with Gasteiger partial charge in [-0.2, -0.15) is 4.98 Å². The maximum Gasteiger partial charge on any atom is 0.229 e. The van der Waals surface area contributed by atoms with E-state index in [9.17, 15) is 0 Å². The van der Waals surface area contributed by atoms with Crippen LogP contribution in [0.3, 0.4) is 0 Å². The Morgan fingerprint density at radius 3 is 2.74 bits per heavy atom. The molecule has 1 aromatic heterocycles. The largest absolute Gasteiger partial charge is 0.381 e. The van der Waals surface area contributed by atoms with Gasteiger partial charge in [-0.3, -0.25) is 0 Å². The maximum absolute atomic E-state index is 5.93. The summed E-state index contributed by atoms with van der Waals surface area (Å²) in [5.74, 6) is 1.68. The molecule has 3 rings (SSSR count). The fourth-order valence-electron chi connectivity index (χ4n) is 3.05. The van der Waals surface area contributed by atoms with Crippen LogP contribution in [-0.2, 0) is 15.1 Å². The van der Waals surface area contributed by atoms with Crippen LogP contribution in [0.25, 0.3) is 0 Å². The fourth-order valence-corrected chi connectivity index (χ4v) is 3.05. The summed E-state index contributed by atoms with van der Waals surface area (Å²) in [6, 6.07) is 0.264. The first kappa shape index (κ1) is 13.0. The Balaban J connectivity index is 1.79. The van der Waals surface area contributed by atoms with Crippen LogP contribution < -0.4 is 5.73 Å². The number of hydrogen-bond acceptors (Lipinski definition) is 6. The van der Waals surface area contributed by atoms with Crippen LogP contribution in [0.4, 0.5) is 0 Å². The molecule has 2 atom stereocenters. The summed E-state index contributed by atoms with van der Waals surface area (Å²) in [5.41, 5.74) is 5.49.